The molecule has 0 radical (unpaired) electrons. The smallest absolute Gasteiger partial charge is 0.126 e. The van der Waals surface area contributed by atoms with Crippen molar-refractivity contribution in [2.45, 2.75) is 53.0 Å². The summed E-state index contributed by atoms with van der Waals surface area (Å²) in [7, 11) is 0. The lowest BCUT2D eigenvalue weighted by atomic mass is 9.76. The largest absolute Gasteiger partial charge is 0.314 e. The number of rotatable bonds is 7. The first kappa shape index (κ1) is 16.1. The standard InChI is InChI=1S/C16H25F2N/c1-5-16(6-2,11-19-12(3)4)10-13-7-14(17)9-15(18)8-13/h7-9,12,19H,5-6,10-11H2,1-4H3. The number of hydrogen-bond acceptors (Lipinski definition) is 1. The molecule has 0 saturated heterocycles. The highest BCUT2D eigenvalue weighted by molar-refractivity contribution is 5.19. The average Bonchev–Trinajstić information content (AvgIpc) is 2.33. The van der Waals surface area contributed by atoms with E-state index in [1.165, 1.54) is 12.1 Å². The zero-order chi connectivity index (χ0) is 14.5. The third-order valence-corrected chi connectivity index (χ3v) is 3.89. The van der Waals surface area contributed by atoms with Crippen LogP contribution in [0, 0.1) is 17.0 Å². The van der Waals surface area contributed by atoms with Gasteiger partial charge in [0, 0.05) is 18.7 Å². The van der Waals surface area contributed by atoms with E-state index in [-0.39, 0.29) is 5.41 Å². The third kappa shape index (κ3) is 4.90. The van der Waals surface area contributed by atoms with Crippen molar-refractivity contribution in [2.75, 3.05) is 6.54 Å². The van der Waals surface area contributed by atoms with Crippen molar-refractivity contribution in [1.82, 2.24) is 5.32 Å². The van der Waals surface area contributed by atoms with Gasteiger partial charge in [-0.05, 0) is 42.4 Å². The second-order valence-electron chi connectivity index (χ2n) is 5.70. The Labute approximate surface area is 115 Å². The van der Waals surface area contributed by atoms with Crippen molar-refractivity contribution in [2.24, 2.45) is 5.41 Å². The fraction of sp³-hybridized carbons (Fsp3) is 0.625. The molecule has 0 amide bonds. The van der Waals surface area contributed by atoms with Gasteiger partial charge in [-0.3, -0.25) is 0 Å². The van der Waals surface area contributed by atoms with Crippen molar-refractivity contribution in [1.29, 1.82) is 0 Å². The van der Waals surface area contributed by atoms with Gasteiger partial charge in [0.1, 0.15) is 11.6 Å². The molecule has 0 aliphatic carbocycles. The van der Waals surface area contributed by atoms with Crippen LogP contribution in [0.3, 0.4) is 0 Å². The van der Waals surface area contributed by atoms with Crippen molar-refractivity contribution in [3.8, 4) is 0 Å². The van der Waals surface area contributed by atoms with E-state index in [0.717, 1.165) is 31.0 Å². The maximum atomic E-state index is 13.3. The van der Waals surface area contributed by atoms with Gasteiger partial charge in [-0.25, -0.2) is 8.78 Å². The zero-order valence-corrected chi connectivity index (χ0v) is 12.4. The molecule has 0 aliphatic rings. The summed E-state index contributed by atoms with van der Waals surface area (Å²) in [5, 5.41) is 3.45. The molecule has 1 rings (SSSR count). The number of nitrogens with one attached hydrogen (secondary N) is 1. The molecule has 0 fully saturated rings. The van der Waals surface area contributed by atoms with Gasteiger partial charge in [0.25, 0.3) is 0 Å². The summed E-state index contributed by atoms with van der Waals surface area (Å²) in [5.74, 6) is -0.985. The van der Waals surface area contributed by atoms with E-state index in [1.54, 1.807) is 0 Å². The zero-order valence-electron chi connectivity index (χ0n) is 12.4. The first-order chi connectivity index (χ1) is 8.90. The average molecular weight is 269 g/mol. The summed E-state index contributed by atoms with van der Waals surface area (Å²) >= 11 is 0. The van der Waals surface area contributed by atoms with E-state index >= 15 is 0 Å². The van der Waals surface area contributed by atoms with E-state index in [0.29, 0.717) is 12.5 Å². The van der Waals surface area contributed by atoms with Gasteiger partial charge in [-0.2, -0.15) is 0 Å². The SMILES string of the molecule is CCC(CC)(CNC(C)C)Cc1cc(F)cc(F)c1. The van der Waals surface area contributed by atoms with Crippen LogP contribution in [0.25, 0.3) is 0 Å². The quantitative estimate of drug-likeness (QED) is 0.777. The molecular formula is C16H25F2N. The molecule has 0 saturated carbocycles. The minimum Gasteiger partial charge on any atom is -0.314 e. The Balaban J connectivity index is 2.87. The first-order valence-corrected chi connectivity index (χ1v) is 7.09. The molecule has 0 unspecified atom stereocenters. The first-order valence-electron chi connectivity index (χ1n) is 7.09. The number of benzene rings is 1. The van der Waals surface area contributed by atoms with Crippen LogP contribution >= 0.6 is 0 Å². The highest BCUT2D eigenvalue weighted by atomic mass is 19.1. The van der Waals surface area contributed by atoms with Crippen LogP contribution in [0.4, 0.5) is 8.78 Å². The Morgan fingerprint density at radius 3 is 2.00 bits per heavy atom. The highest BCUT2D eigenvalue weighted by Gasteiger charge is 2.26. The van der Waals surface area contributed by atoms with E-state index in [2.05, 4.69) is 33.0 Å². The van der Waals surface area contributed by atoms with Crippen molar-refractivity contribution >= 4 is 0 Å². The molecule has 3 heteroatoms. The van der Waals surface area contributed by atoms with Gasteiger partial charge in [0.15, 0.2) is 0 Å². The molecule has 0 bridgehead atoms. The van der Waals surface area contributed by atoms with Gasteiger partial charge < -0.3 is 5.32 Å². The summed E-state index contributed by atoms with van der Waals surface area (Å²) in [5.41, 5.74) is 0.802. The molecule has 0 heterocycles. The van der Waals surface area contributed by atoms with Gasteiger partial charge >= 0.3 is 0 Å². The molecule has 1 N–H and O–H groups in total. The maximum absolute atomic E-state index is 13.3. The Kier molecular flexibility index (Phi) is 5.92. The fourth-order valence-electron chi connectivity index (χ4n) is 2.38. The van der Waals surface area contributed by atoms with Crippen LogP contribution in [0.1, 0.15) is 46.1 Å². The van der Waals surface area contributed by atoms with E-state index in [9.17, 15) is 8.78 Å². The summed E-state index contributed by atoms with van der Waals surface area (Å²) in [4.78, 5) is 0. The third-order valence-electron chi connectivity index (χ3n) is 3.89. The Hall–Kier alpha value is -0.960. The van der Waals surface area contributed by atoms with Crippen molar-refractivity contribution in [3.63, 3.8) is 0 Å². The van der Waals surface area contributed by atoms with Crippen molar-refractivity contribution in [3.05, 3.63) is 35.4 Å². The fourth-order valence-corrected chi connectivity index (χ4v) is 2.38. The molecule has 0 spiro atoms. The van der Waals surface area contributed by atoms with Crippen LogP contribution in [-0.2, 0) is 6.42 Å². The van der Waals surface area contributed by atoms with Crippen LogP contribution < -0.4 is 5.32 Å². The predicted octanol–water partition coefficient (Wildman–Crippen LogP) is 4.31. The molecular weight excluding hydrogens is 244 g/mol. The second kappa shape index (κ2) is 6.99. The van der Waals surface area contributed by atoms with Gasteiger partial charge in [-0.15, -0.1) is 0 Å². The van der Waals surface area contributed by atoms with Gasteiger partial charge in [-0.1, -0.05) is 27.7 Å². The maximum Gasteiger partial charge on any atom is 0.126 e. The minimum atomic E-state index is -0.493. The summed E-state index contributed by atoms with van der Waals surface area (Å²) < 4.78 is 26.5. The molecule has 19 heavy (non-hydrogen) atoms. The molecule has 0 atom stereocenters. The highest BCUT2D eigenvalue weighted by Crippen LogP contribution is 2.31. The monoisotopic (exact) mass is 269 g/mol. The topological polar surface area (TPSA) is 12.0 Å². The van der Waals surface area contributed by atoms with Crippen LogP contribution in [-0.4, -0.2) is 12.6 Å². The molecule has 0 aromatic heterocycles. The Bertz CT molecular complexity index is 377. The van der Waals surface area contributed by atoms with E-state index < -0.39 is 11.6 Å². The lowest BCUT2D eigenvalue weighted by molar-refractivity contribution is 0.239. The van der Waals surface area contributed by atoms with Gasteiger partial charge in [0.05, 0.1) is 0 Å². The summed E-state index contributed by atoms with van der Waals surface area (Å²) in [6, 6.07) is 4.23. The van der Waals surface area contributed by atoms with E-state index in [4.69, 9.17) is 0 Å². The molecule has 1 aromatic rings. The molecule has 1 aromatic carbocycles. The second-order valence-corrected chi connectivity index (χ2v) is 5.70. The summed E-state index contributed by atoms with van der Waals surface area (Å²) in [6.07, 6.45) is 2.68. The lowest BCUT2D eigenvalue weighted by Gasteiger charge is -2.33. The predicted molar refractivity (Wildman–Crippen MR) is 76.2 cm³/mol. The Morgan fingerprint density at radius 1 is 1.05 bits per heavy atom. The van der Waals surface area contributed by atoms with Gasteiger partial charge in [0.2, 0.25) is 0 Å². The molecule has 0 aliphatic heterocycles. The molecule has 1 nitrogen and oxygen atoms in total. The van der Waals surface area contributed by atoms with Crippen LogP contribution in [0.15, 0.2) is 18.2 Å². The minimum absolute atomic E-state index is 0.0600. The Morgan fingerprint density at radius 2 is 1.58 bits per heavy atom. The van der Waals surface area contributed by atoms with Crippen LogP contribution in [0.5, 0.6) is 0 Å². The molecule has 108 valence electrons. The lowest BCUT2D eigenvalue weighted by Crippen LogP contribution is -2.38. The van der Waals surface area contributed by atoms with Crippen molar-refractivity contribution < 1.29 is 8.78 Å². The number of halogens is 2. The number of hydrogen-bond donors (Lipinski definition) is 1. The van der Waals surface area contributed by atoms with E-state index in [1.807, 2.05) is 0 Å². The van der Waals surface area contributed by atoms with Crippen LogP contribution in [0.2, 0.25) is 0 Å². The normalized spacial score (nSPS) is 12.2. The summed E-state index contributed by atoms with van der Waals surface area (Å²) in [6.45, 7) is 9.37.